The molecule has 0 spiro atoms. The van der Waals surface area contributed by atoms with Crippen molar-refractivity contribution in [2.75, 3.05) is 13.1 Å². The summed E-state index contributed by atoms with van der Waals surface area (Å²) >= 11 is 0. The first-order chi connectivity index (χ1) is 13.9. The van der Waals surface area contributed by atoms with Crippen LogP contribution in [0.4, 0.5) is 4.39 Å². The van der Waals surface area contributed by atoms with Crippen LogP contribution in [-0.2, 0) is 17.8 Å². The molecule has 1 aliphatic rings. The quantitative estimate of drug-likeness (QED) is 0.691. The number of nitrogens with zero attached hydrogens (tertiary/aromatic N) is 2. The Balaban J connectivity index is 1.97. The van der Waals surface area contributed by atoms with Crippen LogP contribution in [-0.4, -0.2) is 34.4 Å². The molecule has 0 saturated carbocycles. The molecule has 29 heavy (non-hydrogen) atoms. The van der Waals surface area contributed by atoms with Crippen molar-refractivity contribution in [3.8, 4) is 11.1 Å². The van der Waals surface area contributed by atoms with Crippen molar-refractivity contribution in [2.24, 2.45) is 5.73 Å². The zero-order chi connectivity index (χ0) is 21.0. The fourth-order valence-electron chi connectivity index (χ4n) is 4.29. The lowest BCUT2D eigenvalue weighted by molar-refractivity contribution is -0.127. The highest BCUT2D eigenvalue weighted by Gasteiger charge is 2.25. The fourth-order valence-corrected chi connectivity index (χ4v) is 4.29. The number of nitrogens with two attached hydrogens (primary N) is 1. The minimum atomic E-state index is -0.465. The topological polar surface area (TPSA) is 68.3 Å². The van der Waals surface area contributed by atoms with Gasteiger partial charge in [-0.1, -0.05) is 25.5 Å². The van der Waals surface area contributed by atoms with Gasteiger partial charge in [0.1, 0.15) is 5.82 Å². The van der Waals surface area contributed by atoms with Crippen LogP contribution in [0.5, 0.6) is 0 Å². The highest BCUT2D eigenvalue weighted by atomic mass is 19.1. The van der Waals surface area contributed by atoms with Crippen molar-refractivity contribution >= 4 is 11.8 Å². The summed E-state index contributed by atoms with van der Waals surface area (Å²) in [5.74, 6) is -0.547. The zero-order valence-corrected chi connectivity index (χ0v) is 17.3. The van der Waals surface area contributed by atoms with Gasteiger partial charge in [-0.2, -0.15) is 0 Å². The Morgan fingerprint density at radius 1 is 1.17 bits per heavy atom. The van der Waals surface area contributed by atoms with E-state index < -0.39 is 5.91 Å². The van der Waals surface area contributed by atoms with E-state index in [0.29, 0.717) is 12.0 Å². The summed E-state index contributed by atoms with van der Waals surface area (Å²) in [5.41, 5.74) is 9.81. The van der Waals surface area contributed by atoms with Gasteiger partial charge < -0.3 is 15.2 Å². The summed E-state index contributed by atoms with van der Waals surface area (Å²) in [6.07, 6.45) is 5.23. The van der Waals surface area contributed by atoms with Crippen LogP contribution in [0, 0.1) is 12.7 Å². The number of likely N-dealkylation sites (tertiary alicyclic amines) is 1. The Kier molecular flexibility index (Phi) is 6.72. The Labute approximate surface area is 171 Å². The average Bonchev–Trinajstić information content (AvgIpc) is 3.22. The molecule has 5 nitrogen and oxygen atoms in total. The Morgan fingerprint density at radius 3 is 2.48 bits per heavy atom. The van der Waals surface area contributed by atoms with E-state index in [1.807, 2.05) is 11.8 Å². The number of aromatic nitrogens is 1. The minimum absolute atomic E-state index is 0.227. The smallest absolute Gasteiger partial charge is 0.251 e. The fraction of sp³-hybridized carbons (Fsp3) is 0.478. The van der Waals surface area contributed by atoms with Gasteiger partial charge in [-0.3, -0.25) is 9.59 Å². The molecule has 2 N–H and O–H groups in total. The van der Waals surface area contributed by atoms with Crippen LogP contribution in [0.2, 0.25) is 0 Å². The van der Waals surface area contributed by atoms with Crippen molar-refractivity contribution in [1.29, 1.82) is 0 Å². The molecule has 0 unspecified atom stereocenters. The average molecular weight is 400 g/mol. The normalized spacial score (nSPS) is 14.0. The molecule has 1 aromatic heterocycles. The van der Waals surface area contributed by atoms with Gasteiger partial charge in [-0.25, -0.2) is 4.39 Å². The second-order valence-electron chi connectivity index (χ2n) is 7.75. The Bertz CT molecular complexity index is 887. The summed E-state index contributed by atoms with van der Waals surface area (Å²) in [4.78, 5) is 26.1. The molecule has 2 aromatic rings. The number of rotatable bonds is 9. The zero-order valence-electron chi connectivity index (χ0n) is 17.3. The molecule has 0 radical (unpaired) electrons. The molecule has 0 atom stereocenters. The summed E-state index contributed by atoms with van der Waals surface area (Å²) < 4.78 is 15.6. The molecule has 3 rings (SSSR count). The maximum Gasteiger partial charge on any atom is 0.251 e. The molecule has 156 valence electrons. The first-order valence-electron chi connectivity index (χ1n) is 10.5. The van der Waals surface area contributed by atoms with Crippen LogP contribution in [0.25, 0.3) is 11.1 Å². The largest absolute Gasteiger partial charge is 0.366 e. The van der Waals surface area contributed by atoms with Crippen LogP contribution in [0.1, 0.15) is 60.8 Å². The predicted octanol–water partition coefficient (Wildman–Crippen LogP) is 4.06. The Morgan fingerprint density at radius 2 is 1.90 bits per heavy atom. The van der Waals surface area contributed by atoms with E-state index in [0.717, 1.165) is 74.3 Å². The molecular weight excluding hydrogens is 369 g/mol. The van der Waals surface area contributed by atoms with Gasteiger partial charge in [0.05, 0.1) is 5.56 Å². The number of carbonyl (C=O) groups is 2. The maximum atomic E-state index is 13.5. The van der Waals surface area contributed by atoms with E-state index in [1.54, 1.807) is 12.1 Å². The van der Waals surface area contributed by atoms with Gasteiger partial charge in [0.25, 0.3) is 5.91 Å². The third kappa shape index (κ3) is 4.52. The van der Waals surface area contributed by atoms with E-state index >= 15 is 0 Å². The summed E-state index contributed by atoms with van der Waals surface area (Å²) in [7, 11) is 0. The van der Waals surface area contributed by atoms with E-state index in [2.05, 4.69) is 11.5 Å². The van der Waals surface area contributed by atoms with Gasteiger partial charge in [0, 0.05) is 43.0 Å². The minimum Gasteiger partial charge on any atom is -0.366 e. The number of unbranched alkanes of at least 4 members (excludes halogenated alkanes) is 1. The second kappa shape index (κ2) is 9.25. The van der Waals surface area contributed by atoms with E-state index in [4.69, 9.17) is 5.73 Å². The van der Waals surface area contributed by atoms with Crippen LogP contribution in [0.15, 0.2) is 24.3 Å². The standard InChI is InChI=1S/C23H30FN3O2/c1-3-4-7-19-22(17-9-11-18(24)12-10-17)21(23(25)29)16(2)27(19)15-6-14-26-13-5-8-20(26)28/h9-12H,3-8,13-15H2,1-2H3,(H2,25,29). The van der Waals surface area contributed by atoms with Crippen molar-refractivity contribution in [3.63, 3.8) is 0 Å². The number of benzene rings is 1. The molecule has 2 amide bonds. The van der Waals surface area contributed by atoms with Crippen molar-refractivity contribution < 1.29 is 14.0 Å². The molecule has 1 aromatic carbocycles. The van der Waals surface area contributed by atoms with Crippen molar-refractivity contribution in [3.05, 3.63) is 47.0 Å². The summed E-state index contributed by atoms with van der Waals surface area (Å²) in [5, 5.41) is 0. The lowest BCUT2D eigenvalue weighted by Crippen LogP contribution is -2.26. The number of hydrogen-bond acceptors (Lipinski definition) is 2. The first kappa shape index (κ1) is 21.1. The van der Waals surface area contributed by atoms with E-state index in [1.165, 1.54) is 12.1 Å². The monoisotopic (exact) mass is 399 g/mol. The van der Waals surface area contributed by atoms with Crippen LogP contribution < -0.4 is 5.73 Å². The van der Waals surface area contributed by atoms with Gasteiger partial charge >= 0.3 is 0 Å². The van der Waals surface area contributed by atoms with Crippen molar-refractivity contribution in [2.45, 2.75) is 58.9 Å². The number of halogens is 1. The molecule has 1 fully saturated rings. The highest BCUT2D eigenvalue weighted by Crippen LogP contribution is 2.34. The number of carbonyl (C=O) groups excluding carboxylic acids is 2. The van der Waals surface area contributed by atoms with E-state index in [9.17, 15) is 14.0 Å². The molecule has 6 heteroatoms. The molecule has 2 heterocycles. The molecule has 1 saturated heterocycles. The lowest BCUT2D eigenvalue weighted by Gasteiger charge is -2.18. The summed E-state index contributed by atoms with van der Waals surface area (Å²) in [6, 6.07) is 6.24. The van der Waals surface area contributed by atoms with Crippen LogP contribution >= 0.6 is 0 Å². The lowest BCUT2D eigenvalue weighted by atomic mass is 9.97. The maximum absolute atomic E-state index is 13.5. The molecule has 0 bridgehead atoms. The van der Waals surface area contributed by atoms with Crippen LogP contribution in [0.3, 0.4) is 0 Å². The number of primary amides is 1. The highest BCUT2D eigenvalue weighted by molar-refractivity contribution is 6.02. The number of hydrogen-bond donors (Lipinski definition) is 1. The van der Waals surface area contributed by atoms with E-state index in [-0.39, 0.29) is 11.7 Å². The first-order valence-corrected chi connectivity index (χ1v) is 10.5. The van der Waals surface area contributed by atoms with Gasteiger partial charge in [0.2, 0.25) is 5.91 Å². The Hall–Kier alpha value is -2.63. The number of amides is 2. The molecular formula is C23H30FN3O2. The molecule has 0 aliphatic carbocycles. The second-order valence-corrected chi connectivity index (χ2v) is 7.75. The van der Waals surface area contributed by atoms with Gasteiger partial charge in [-0.05, 0) is 50.3 Å². The molecule has 1 aliphatic heterocycles. The van der Waals surface area contributed by atoms with Gasteiger partial charge in [0.15, 0.2) is 0 Å². The third-order valence-electron chi connectivity index (χ3n) is 5.76. The third-order valence-corrected chi connectivity index (χ3v) is 5.76. The van der Waals surface area contributed by atoms with Gasteiger partial charge in [-0.15, -0.1) is 0 Å². The summed E-state index contributed by atoms with van der Waals surface area (Å²) in [6.45, 7) is 6.33. The predicted molar refractivity (Wildman–Crippen MR) is 112 cm³/mol. The van der Waals surface area contributed by atoms with Crippen molar-refractivity contribution in [1.82, 2.24) is 9.47 Å². The SMILES string of the molecule is CCCCc1c(-c2ccc(F)cc2)c(C(N)=O)c(C)n1CCCN1CCCC1=O.